The van der Waals surface area contributed by atoms with Gasteiger partial charge in [0.2, 0.25) is 0 Å². The van der Waals surface area contributed by atoms with Crippen LogP contribution in [0.5, 0.6) is 0 Å². The number of nitrogens with zero attached hydrogens (tertiary/aromatic N) is 2. The van der Waals surface area contributed by atoms with Gasteiger partial charge in [-0.05, 0) is 6.07 Å². The van der Waals surface area contributed by atoms with E-state index in [1.54, 1.807) is 6.07 Å². The van der Waals surface area contributed by atoms with Crippen molar-refractivity contribution in [3.05, 3.63) is 28.1 Å². The fourth-order valence-electron chi connectivity index (χ4n) is 0.737. The third-order valence-corrected chi connectivity index (χ3v) is 1.19. The summed E-state index contributed by atoms with van der Waals surface area (Å²) in [5.74, 6) is 0.299. The first kappa shape index (κ1) is 5.22. The van der Waals surface area contributed by atoms with Gasteiger partial charge in [-0.2, -0.15) is 5.10 Å². The van der Waals surface area contributed by atoms with Gasteiger partial charge in [0.15, 0.2) is 0 Å². The normalized spacial score (nSPS) is 12.8. The van der Waals surface area contributed by atoms with Crippen LogP contribution in [0.25, 0.3) is 0 Å². The molecule has 2 heterocycles. The molecule has 0 atom stereocenters. The lowest BCUT2D eigenvalue weighted by Crippen LogP contribution is -1.97. The Morgan fingerprint density at radius 1 is 1.40 bits per heavy atom. The third-order valence-electron chi connectivity index (χ3n) is 1.19. The van der Waals surface area contributed by atoms with E-state index in [-0.39, 0.29) is 0 Å². The van der Waals surface area contributed by atoms with E-state index in [0.29, 0.717) is 5.88 Å². The summed E-state index contributed by atoms with van der Waals surface area (Å²) in [5, 5.41) is 3.56. The Hall–Kier alpha value is -1.58. The van der Waals surface area contributed by atoms with Gasteiger partial charge < -0.3 is 4.42 Å². The Balaban J connectivity index is 2.69. The average Bonchev–Trinajstić information content (AvgIpc) is 2.33. The first-order valence-corrected chi connectivity index (χ1v) is 2.74. The van der Waals surface area contributed by atoms with E-state index in [4.69, 9.17) is 0 Å². The van der Waals surface area contributed by atoms with Crippen LogP contribution in [0.2, 0.25) is 0 Å². The van der Waals surface area contributed by atoms with Crippen molar-refractivity contribution in [3.63, 3.8) is 0 Å². The molecule has 4 heteroatoms. The van der Waals surface area contributed by atoms with Crippen molar-refractivity contribution in [1.82, 2.24) is 5.43 Å². The van der Waals surface area contributed by atoms with Crippen LogP contribution >= 0.6 is 0 Å². The Labute approximate surface area is 56.2 Å². The molecule has 49 valence electrons. The molecule has 0 amide bonds. The zero-order valence-corrected chi connectivity index (χ0v) is 4.94. The highest BCUT2D eigenvalue weighted by atomic mass is 16.4. The molecule has 0 aromatic carbocycles. The van der Waals surface area contributed by atoms with Gasteiger partial charge in [-0.15, -0.1) is 5.43 Å². The summed E-state index contributed by atoms with van der Waals surface area (Å²) >= 11 is 0. The predicted molar refractivity (Wildman–Crippen MR) is 34.4 cm³/mol. The zero-order chi connectivity index (χ0) is 6.97. The molecule has 0 unspecified atom stereocenters. The van der Waals surface area contributed by atoms with Gasteiger partial charge >= 0.3 is 5.63 Å². The van der Waals surface area contributed by atoms with Crippen LogP contribution in [0.15, 0.2) is 26.4 Å². The van der Waals surface area contributed by atoms with Crippen LogP contribution < -0.4 is 11.1 Å². The minimum Gasteiger partial charge on any atom is -0.402 e. The van der Waals surface area contributed by atoms with Crippen molar-refractivity contribution in [3.8, 4) is 0 Å². The number of hydrogen-bond donors (Lipinski definition) is 0. The quantitative estimate of drug-likeness (QED) is 0.511. The molecule has 2 rings (SSSR count). The van der Waals surface area contributed by atoms with Crippen molar-refractivity contribution < 1.29 is 4.42 Å². The van der Waals surface area contributed by atoms with Crippen LogP contribution in [0.3, 0.4) is 0 Å². The SMILES string of the molecule is O=c1ccc2c(o1)[N]N=C2. The molecule has 1 aliphatic heterocycles. The van der Waals surface area contributed by atoms with Gasteiger partial charge in [-0.3, -0.25) is 0 Å². The van der Waals surface area contributed by atoms with Crippen molar-refractivity contribution >= 4 is 12.1 Å². The molecule has 0 bridgehead atoms. The minimum absolute atomic E-state index is 0.299. The van der Waals surface area contributed by atoms with E-state index in [1.165, 1.54) is 12.3 Å². The van der Waals surface area contributed by atoms with Crippen LogP contribution in [-0.2, 0) is 0 Å². The van der Waals surface area contributed by atoms with Gasteiger partial charge in [0.05, 0.1) is 11.8 Å². The van der Waals surface area contributed by atoms with E-state index >= 15 is 0 Å². The number of hydrogen-bond acceptors (Lipinski definition) is 3. The lowest BCUT2D eigenvalue weighted by atomic mass is 10.3. The molecule has 0 spiro atoms. The molecule has 0 fully saturated rings. The summed E-state index contributed by atoms with van der Waals surface area (Å²) in [4.78, 5) is 10.5. The fourth-order valence-corrected chi connectivity index (χ4v) is 0.737. The van der Waals surface area contributed by atoms with Crippen molar-refractivity contribution in [2.24, 2.45) is 5.10 Å². The molecule has 0 aliphatic carbocycles. The Bertz CT molecular complexity index is 340. The van der Waals surface area contributed by atoms with E-state index in [2.05, 4.69) is 14.9 Å². The highest BCUT2D eigenvalue weighted by molar-refractivity contribution is 5.86. The molecular formula is C6H3N2O2. The summed E-state index contributed by atoms with van der Waals surface area (Å²) in [5.41, 5.74) is 3.92. The second kappa shape index (κ2) is 1.70. The lowest BCUT2D eigenvalue weighted by Gasteiger charge is -1.88. The predicted octanol–water partition coefficient (Wildman–Crippen LogP) is 0.223. The molecule has 0 N–H and O–H groups in total. The summed E-state index contributed by atoms with van der Waals surface area (Å²) < 4.78 is 4.67. The van der Waals surface area contributed by atoms with Gasteiger partial charge in [-0.25, -0.2) is 4.79 Å². The van der Waals surface area contributed by atoms with Crippen LogP contribution in [-0.4, -0.2) is 6.21 Å². The molecule has 4 nitrogen and oxygen atoms in total. The molecule has 1 aromatic rings. The van der Waals surface area contributed by atoms with Gasteiger partial charge in [0.1, 0.15) is 0 Å². The first-order valence-electron chi connectivity index (χ1n) is 2.74. The Morgan fingerprint density at radius 3 is 3.20 bits per heavy atom. The van der Waals surface area contributed by atoms with Crippen LogP contribution in [0, 0.1) is 0 Å². The first-order chi connectivity index (χ1) is 4.86. The smallest absolute Gasteiger partial charge is 0.337 e. The largest absolute Gasteiger partial charge is 0.402 e. The third kappa shape index (κ3) is 0.621. The maximum Gasteiger partial charge on any atom is 0.337 e. The second-order valence-corrected chi connectivity index (χ2v) is 1.86. The topological polar surface area (TPSA) is 56.7 Å². The lowest BCUT2D eigenvalue weighted by molar-refractivity contribution is 0.497. The fraction of sp³-hybridized carbons (Fsp3) is 0. The molecule has 10 heavy (non-hydrogen) atoms. The van der Waals surface area contributed by atoms with Crippen LogP contribution in [0.4, 0.5) is 5.88 Å². The zero-order valence-electron chi connectivity index (χ0n) is 4.94. The van der Waals surface area contributed by atoms with E-state index in [9.17, 15) is 4.79 Å². The standard InChI is InChI=1S/C6H3N2O2/c9-5-2-1-4-3-7-8-6(4)10-5/h1-3H. The summed E-state index contributed by atoms with van der Waals surface area (Å²) in [7, 11) is 0. The molecule has 0 saturated carbocycles. The maximum absolute atomic E-state index is 10.5. The van der Waals surface area contributed by atoms with E-state index in [0.717, 1.165) is 5.56 Å². The Morgan fingerprint density at radius 2 is 2.30 bits per heavy atom. The second-order valence-electron chi connectivity index (χ2n) is 1.86. The summed E-state index contributed by atoms with van der Waals surface area (Å²) in [6.07, 6.45) is 1.54. The number of fused-ring (bicyclic) bond motifs is 1. The van der Waals surface area contributed by atoms with Crippen LogP contribution in [0.1, 0.15) is 5.56 Å². The highest BCUT2D eigenvalue weighted by Crippen LogP contribution is 2.14. The molecular weight excluding hydrogens is 132 g/mol. The highest BCUT2D eigenvalue weighted by Gasteiger charge is 2.09. The Kier molecular flexibility index (Phi) is 0.887. The van der Waals surface area contributed by atoms with Gasteiger partial charge in [0.25, 0.3) is 5.88 Å². The average molecular weight is 135 g/mol. The van der Waals surface area contributed by atoms with Gasteiger partial charge in [0, 0.05) is 6.07 Å². The summed E-state index contributed by atoms with van der Waals surface area (Å²) in [6.45, 7) is 0. The molecule has 1 radical (unpaired) electrons. The molecule has 1 aromatic heterocycles. The molecule has 1 aliphatic rings. The van der Waals surface area contributed by atoms with Crippen molar-refractivity contribution in [2.75, 3.05) is 0 Å². The molecule has 0 saturated heterocycles. The maximum atomic E-state index is 10.5. The van der Waals surface area contributed by atoms with Gasteiger partial charge in [-0.1, -0.05) is 0 Å². The minimum atomic E-state index is -0.395. The summed E-state index contributed by atoms with van der Waals surface area (Å²) in [6, 6.07) is 2.97. The van der Waals surface area contributed by atoms with Crippen molar-refractivity contribution in [2.45, 2.75) is 0 Å². The monoisotopic (exact) mass is 135 g/mol. The van der Waals surface area contributed by atoms with E-state index < -0.39 is 5.63 Å². The van der Waals surface area contributed by atoms with Crippen molar-refractivity contribution in [1.29, 1.82) is 0 Å². The van der Waals surface area contributed by atoms with E-state index in [1.807, 2.05) is 0 Å². The number of rotatable bonds is 0.